The minimum atomic E-state index is -3.50. The summed E-state index contributed by atoms with van der Waals surface area (Å²) >= 11 is 1.29. The van der Waals surface area contributed by atoms with Gasteiger partial charge >= 0.3 is 11.0 Å². The third kappa shape index (κ3) is 4.52. The van der Waals surface area contributed by atoms with Gasteiger partial charge in [0.15, 0.2) is 0 Å². The van der Waals surface area contributed by atoms with E-state index >= 15 is 0 Å². The van der Waals surface area contributed by atoms with Crippen LogP contribution in [0.15, 0.2) is 89.8 Å². The highest BCUT2D eigenvalue weighted by Gasteiger charge is 2.28. The lowest BCUT2D eigenvalue weighted by molar-refractivity contribution is -0.597. The van der Waals surface area contributed by atoms with Crippen molar-refractivity contribution in [3.05, 3.63) is 90.5 Å². The average Bonchev–Trinajstić information content (AvgIpc) is 3.12. The molecule has 0 saturated carbocycles. The van der Waals surface area contributed by atoms with Gasteiger partial charge < -0.3 is 5.32 Å². The molecule has 7 heteroatoms. The van der Waals surface area contributed by atoms with Crippen LogP contribution in [0.4, 0.5) is 10.8 Å². The Kier molecular flexibility index (Phi) is 5.42. The molecule has 0 unspecified atom stereocenters. The van der Waals surface area contributed by atoms with E-state index in [4.69, 9.17) is 0 Å². The van der Waals surface area contributed by atoms with Gasteiger partial charge in [-0.1, -0.05) is 54.1 Å². The molecule has 0 aliphatic heterocycles. The average molecular weight is 423 g/mol. The van der Waals surface area contributed by atoms with E-state index in [0.717, 1.165) is 11.3 Å². The number of benzene rings is 3. The summed E-state index contributed by atoms with van der Waals surface area (Å²) in [5.74, 6) is 0.443. The van der Waals surface area contributed by atoms with Crippen molar-refractivity contribution in [2.45, 2.75) is 17.7 Å². The summed E-state index contributed by atoms with van der Waals surface area (Å²) in [6.45, 7) is 2.03. The van der Waals surface area contributed by atoms with Crippen molar-refractivity contribution in [1.82, 2.24) is 4.98 Å². The van der Waals surface area contributed by atoms with Gasteiger partial charge in [0, 0.05) is 5.69 Å². The first kappa shape index (κ1) is 19.3. The quantitative estimate of drug-likeness (QED) is 0.462. The first-order valence-corrected chi connectivity index (χ1v) is 11.5. The number of sulfone groups is 1. The van der Waals surface area contributed by atoms with Gasteiger partial charge in [-0.25, -0.2) is 8.42 Å². The van der Waals surface area contributed by atoms with Gasteiger partial charge in [-0.05, 0) is 48.3 Å². The highest BCUT2D eigenvalue weighted by atomic mass is 32.2. The SMILES string of the molecule is Cc1ccc(Nc2nc(-c3ccccc3)[n+](CS(=O)(=O)c3ccccc3)s2)cc1. The highest BCUT2D eigenvalue weighted by Crippen LogP contribution is 2.24. The second-order valence-corrected chi connectivity index (χ2v) is 9.59. The minimum Gasteiger partial charge on any atom is -0.308 e. The molecule has 1 N–H and O–H groups in total. The molecule has 0 aliphatic rings. The van der Waals surface area contributed by atoms with Crippen LogP contribution in [0, 0.1) is 6.92 Å². The van der Waals surface area contributed by atoms with Crippen LogP contribution in [0.2, 0.25) is 0 Å². The zero-order chi connectivity index (χ0) is 20.3. The fraction of sp³-hybridized carbons (Fsp3) is 0.0909. The fourth-order valence-corrected chi connectivity index (χ4v) is 5.38. The van der Waals surface area contributed by atoms with E-state index in [0.29, 0.717) is 15.9 Å². The Balaban J connectivity index is 1.71. The highest BCUT2D eigenvalue weighted by molar-refractivity contribution is 7.90. The molecule has 0 aliphatic carbocycles. The summed E-state index contributed by atoms with van der Waals surface area (Å²) in [6, 6.07) is 26.1. The van der Waals surface area contributed by atoms with Gasteiger partial charge in [0.1, 0.15) is 11.5 Å². The van der Waals surface area contributed by atoms with E-state index in [1.165, 1.54) is 17.1 Å². The number of nitrogens with one attached hydrogen (secondary N) is 1. The Morgan fingerprint density at radius 3 is 2.17 bits per heavy atom. The molecule has 4 aromatic rings. The van der Waals surface area contributed by atoms with Crippen LogP contribution in [0.5, 0.6) is 0 Å². The van der Waals surface area contributed by atoms with Crippen LogP contribution < -0.4 is 9.27 Å². The molecule has 146 valence electrons. The van der Waals surface area contributed by atoms with Crippen LogP contribution >= 0.6 is 11.5 Å². The monoisotopic (exact) mass is 422 g/mol. The maximum atomic E-state index is 12.9. The number of rotatable bonds is 6. The number of anilines is 2. The van der Waals surface area contributed by atoms with Gasteiger partial charge in [0.2, 0.25) is 15.7 Å². The third-order valence-electron chi connectivity index (χ3n) is 4.36. The van der Waals surface area contributed by atoms with Crippen molar-refractivity contribution in [1.29, 1.82) is 0 Å². The van der Waals surface area contributed by atoms with Crippen LogP contribution in [0.1, 0.15) is 5.56 Å². The molecule has 0 amide bonds. The number of aromatic nitrogens is 2. The lowest BCUT2D eigenvalue weighted by Gasteiger charge is -2.02. The van der Waals surface area contributed by atoms with Gasteiger partial charge in [-0.2, -0.15) is 3.96 Å². The van der Waals surface area contributed by atoms with Crippen molar-refractivity contribution >= 4 is 32.2 Å². The molecule has 4 rings (SSSR count). The largest absolute Gasteiger partial charge is 0.346 e. The Hall–Kier alpha value is -3.03. The second-order valence-electron chi connectivity index (χ2n) is 6.62. The van der Waals surface area contributed by atoms with Gasteiger partial charge in [0.05, 0.1) is 10.5 Å². The molecule has 3 aromatic carbocycles. The standard InChI is InChI=1S/C22H19N3O2S2/c1-17-12-14-19(15-13-17)23-22-24-21(18-8-4-2-5-9-18)25(28-22)16-29(26,27)20-10-6-3-7-11-20/h2-15H,16H2,1H3/p+1. The Morgan fingerprint density at radius 2 is 1.52 bits per heavy atom. The summed E-state index contributed by atoms with van der Waals surface area (Å²) in [4.78, 5) is 4.98. The maximum absolute atomic E-state index is 12.9. The number of nitrogens with zero attached hydrogens (tertiary/aromatic N) is 2. The van der Waals surface area contributed by atoms with Crippen LogP contribution in [0.3, 0.4) is 0 Å². The number of hydrogen-bond acceptors (Lipinski definition) is 5. The molecule has 0 spiro atoms. The minimum absolute atomic E-state index is 0.172. The summed E-state index contributed by atoms with van der Waals surface area (Å²) < 4.78 is 27.6. The molecule has 0 fully saturated rings. The molecule has 0 atom stereocenters. The summed E-state index contributed by atoms with van der Waals surface area (Å²) in [5, 5.41) is 3.91. The lowest BCUT2D eigenvalue weighted by Crippen LogP contribution is -2.36. The van der Waals surface area contributed by atoms with E-state index in [9.17, 15) is 8.42 Å². The van der Waals surface area contributed by atoms with Gasteiger partial charge in [0.25, 0.3) is 0 Å². The zero-order valence-electron chi connectivity index (χ0n) is 15.8. The van der Waals surface area contributed by atoms with E-state index in [-0.39, 0.29) is 5.88 Å². The normalized spacial score (nSPS) is 11.3. The number of hydrogen-bond donors (Lipinski definition) is 1. The number of aryl methyl sites for hydroxylation is 1. The summed E-state index contributed by atoms with van der Waals surface area (Å²) in [6.07, 6.45) is 0. The topological polar surface area (TPSA) is 62.9 Å². The van der Waals surface area contributed by atoms with Crippen LogP contribution in [0.25, 0.3) is 11.4 Å². The fourth-order valence-electron chi connectivity index (χ4n) is 2.87. The smallest absolute Gasteiger partial charge is 0.308 e. The van der Waals surface area contributed by atoms with Crippen molar-refractivity contribution in [3.63, 3.8) is 0 Å². The first-order valence-electron chi connectivity index (χ1n) is 9.09. The third-order valence-corrected chi connectivity index (χ3v) is 7.01. The second kappa shape index (κ2) is 8.14. The van der Waals surface area contributed by atoms with E-state index in [1.54, 1.807) is 34.3 Å². The Labute approximate surface area is 174 Å². The van der Waals surface area contributed by atoms with Gasteiger partial charge in [-0.3, -0.25) is 0 Å². The van der Waals surface area contributed by atoms with E-state index < -0.39 is 9.84 Å². The molecule has 0 saturated heterocycles. The van der Waals surface area contributed by atoms with Gasteiger partial charge in [-0.15, -0.1) is 0 Å². The zero-order valence-corrected chi connectivity index (χ0v) is 17.5. The Bertz CT molecular complexity index is 1200. The molecular formula is C22H20N3O2S2+. The van der Waals surface area contributed by atoms with Crippen molar-refractivity contribution < 1.29 is 12.4 Å². The molecule has 29 heavy (non-hydrogen) atoms. The van der Waals surface area contributed by atoms with Crippen molar-refractivity contribution in [2.24, 2.45) is 0 Å². The molecular weight excluding hydrogens is 402 g/mol. The summed E-state index contributed by atoms with van der Waals surface area (Å²) in [5.41, 5.74) is 2.94. The molecule has 0 bridgehead atoms. The maximum Gasteiger partial charge on any atom is 0.346 e. The van der Waals surface area contributed by atoms with E-state index in [1.807, 2.05) is 61.5 Å². The van der Waals surface area contributed by atoms with Crippen molar-refractivity contribution in [3.8, 4) is 11.4 Å². The van der Waals surface area contributed by atoms with Crippen LogP contribution in [-0.2, 0) is 15.7 Å². The first-order chi connectivity index (χ1) is 14.0. The predicted octanol–water partition coefficient (Wildman–Crippen LogP) is 4.58. The summed E-state index contributed by atoms with van der Waals surface area (Å²) in [7, 11) is -3.50. The molecule has 5 nitrogen and oxygen atoms in total. The van der Waals surface area contributed by atoms with Crippen molar-refractivity contribution in [2.75, 3.05) is 5.32 Å². The lowest BCUT2D eigenvalue weighted by atomic mass is 10.2. The molecule has 1 heterocycles. The molecule has 0 radical (unpaired) electrons. The molecule has 1 aromatic heterocycles. The van der Waals surface area contributed by atoms with Crippen LogP contribution in [-0.4, -0.2) is 13.4 Å². The van der Waals surface area contributed by atoms with E-state index in [2.05, 4.69) is 10.3 Å². The Morgan fingerprint density at radius 1 is 0.897 bits per heavy atom. The predicted molar refractivity (Wildman–Crippen MR) is 116 cm³/mol.